The Bertz CT molecular complexity index is 869. The van der Waals surface area contributed by atoms with E-state index in [2.05, 4.69) is 20.8 Å². The highest BCUT2D eigenvalue weighted by Gasteiger charge is 2.21. The molecule has 0 radical (unpaired) electrons. The highest BCUT2D eigenvalue weighted by atomic mass is 32.2. The third-order valence-electron chi connectivity index (χ3n) is 3.82. The smallest absolute Gasteiger partial charge is 0.233 e. The molecule has 2 atom stereocenters. The third kappa shape index (κ3) is 4.26. The molecule has 0 bridgehead atoms. The molecule has 1 heterocycles. The minimum atomic E-state index is -0.397. The zero-order valence-corrected chi connectivity index (χ0v) is 15.2. The van der Waals surface area contributed by atoms with E-state index in [9.17, 15) is 9.18 Å². The van der Waals surface area contributed by atoms with Gasteiger partial charge in [0.2, 0.25) is 11.1 Å². The molecule has 0 saturated heterocycles. The summed E-state index contributed by atoms with van der Waals surface area (Å²) in [6, 6.07) is 15.3. The highest BCUT2D eigenvalue weighted by molar-refractivity contribution is 8.00. The zero-order chi connectivity index (χ0) is 18.5. The molecule has 6 nitrogen and oxygen atoms in total. The van der Waals surface area contributed by atoms with E-state index >= 15 is 0 Å². The van der Waals surface area contributed by atoms with Crippen molar-refractivity contribution < 1.29 is 9.18 Å². The van der Waals surface area contributed by atoms with Gasteiger partial charge in [-0.05, 0) is 54.1 Å². The van der Waals surface area contributed by atoms with Gasteiger partial charge in [-0.1, -0.05) is 42.1 Å². The Labute approximate surface area is 154 Å². The highest BCUT2D eigenvalue weighted by Crippen LogP contribution is 2.23. The molecule has 26 heavy (non-hydrogen) atoms. The normalized spacial score (nSPS) is 13.2. The first-order valence-electron chi connectivity index (χ1n) is 8.11. The number of thioether (sulfide) groups is 1. The quantitative estimate of drug-likeness (QED) is 0.674. The topological polar surface area (TPSA) is 72.7 Å². The molecular formula is C18H18FN5OS. The second-order valence-electron chi connectivity index (χ2n) is 5.75. The predicted octanol–water partition coefficient (Wildman–Crippen LogP) is 3.16. The molecule has 0 fully saturated rings. The van der Waals surface area contributed by atoms with Crippen LogP contribution < -0.4 is 5.32 Å². The minimum absolute atomic E-state index is 0.144. The van der Waals surface area contributed by atoms with E-state index in [1.165, 1.54) is 23.9 Å². The van der Waals surface area contributed by atoms with Crippen LogP contribution in [-0.2, 0) is 4.79 Å². The molecule has 134 valence electrons. The van der Waals surface area contributed by atoms with E-state index in [1.54, 1.807) is 23.7 Å². The van der Waals surface area contributed by atoms with E-state index in [0.29, 0.717) is 5.16 Å². The number of benzene rings is 2. The summed E-state index contributed by atoms with van der Waals surface area (Å²) < 4.78 is 14.6. The van der Waals surface area contributed by atoms with Crippen molar-refractivity contribution >= 4 is 17.7 Å². The molecule has 1 N–H and O–H groups in total. The molecule has 8 heteroatoms. The zero-order valence-electron chi connectivity index (χ0n) is 14.3. The van der Waals surface area contributed by atoms with Crippen LogP contribution in [0.15, 0.2) is 59.8 Å². The lowest BCUT2D eigenvalue weighted by Gasteiger charge is -2.17. The summed E-state index contributed by atoms with van der Waals surface area (Å²) in [7, 11) is 0. The van der Waals surface area contributed by atoms with Crippen LogP contribution in [-0.4, -0.2) is 31.4 Å². The second-order valence-corrected chi connectivity index (χ2v) is 7.06. The maximum Gasteiger partial charge on any atom is 0.233 e. The molecule has 0 aliphatic carbocycles. The molecule has 0 saturated carbocycles. The van der Waals surface area contributed by atoms with Crippen molar-refractivity contribution in [3.8, 4) is 5.69 Å². The van der Waals surface area contributed by atoms with Gasteiger partial charge >= 0.3 is 0 Å². The summed E-state index contributed by atoms with van der Waals surface area (Å²) in [5.41, 5.74) is 1.67. The number of nitrogens with one attached hydrogen (secondary N) is 1. The summed E-state index contributed by atoms with van der Waals surface area (Å²) in [6.07, 6.45) is 0. The number of carbonyl (C=O) groups is 1. The summed E-state index contributed by atoms with van der Waals surface area (Å²) in [5.74, 6) is -0.446. The van der Waals surface area contributed by atoms with E-state index in [0.717, 1.165) is 11.3 Å². The standard InChI is InChI=1S/C18H18FN5OS/c1-12(14-8-10-15(19)11-9-14)20-17(25)13(2)26-18-21-22-23-24(18)16-6-4-3-5-7-16/h3-13H,1-2H3,(H,20,25). The fourth-order valence-electron chi connectivity index (χ4n) is 2.36. The molecule has 0 aliphatic rings. The largest absolute Gasteiger partial charge is 0.349 e. The lowest BCUT2D eigenvalue weighted by Crippen LogP contribution is -2.33. The fourth-order valence-corrected chi connectivity index (χ4v) is 3.18. The fraction of sp³-hybridized carbons (Fsp3) is 0.222. The minimum Gasteiger partial charge on any atom is -0.349 e. The van der Waals surface area contributed by atoms with Crippen molar-refractivity contribution in [3.05, 3.63) is 66.0 Å². The number of carbonyl (C=O) groups excluding carboxylic acids is 1. The van der Waals surface area contributed by atoms with Gasteiger partial charge < -0.3 is 5.32 Å². The van der Waals surface area contributed by atoms with Crippen molar-refractivity contribution in [1.82, 2.24) is 25.5 Å². The van der Waals surface area contributed by atoms with Crippen molar-refractivity contribution in [2.75, 3.05) is 0 Å². The third-order valence-corrected chi connectivity index (χ3v) is 4.85. The van der Waals surface area contributed by atoms with Crippen LogP contribution in [0.5, 0.6) is 0 Å². The van der Waals surface area contributed by atoms with E-state index < -0.39 is 5.25 Å². The summed E-state index contributed by atoms with van der Waals surface area (Å²) in [6.45, 7) is 3.65. The van der Waals surface area contributed by atoms with Crippen LogP contribution in [0, 0.1) is 5.82 Å². The lowest BCUT2D eigenvalue weighted by atomic mass is 10.1. The molecule has 2 aromatic carbocycles. The number of hydrogen-bond acceptors (Lipinski definition) is 5. The van der Waals surface area contributed by atoms with E-state index in [1.807, 2.05) is 37.3 Å². The van der Waals surface area contributed by atoms with Crippen molar-refractivity contribution in [2.24, 2.45) is 0 Å². The van der Waals surface area contributed by atoms with Gasteiger partial charge in [0.15, 0.2) is 0 Å². The Morgan fingerprint density at radius 3 is 2.50 bits per heavy atom. The van der Waals surface area contributed by atoms with Gasteiger partial charge in [-0.25, -0.2) is 4.39 Å². The number of amides is 1. The molecule has 0 spiro atoms. The molecule has 2 unspecified atom stereocenters. The molecule has 3 aromatic rings. The number of tetrazole rings is 1. The predicted molar refractivity (Wildman–Crippen MR) is 97.4 cm³/mol. The van der Waals surface area contributed by atoms with Crippen LogP contribution in [0.25, 0.3) is 5.69 Å². The number of rotatable bonds is 6. The Morgan fingerprint density at radius 1 is 1.12 bits per heavy atom. The lowest BCUT2D eigenvalue weighted by molar-refractivity contribution is -0.120. The molecule has 3 rings (SSSR count). The maximum atomic E-state index is 13.0. The maximum absolute atomic E-state index is 13.0. The van der Waals surface area contributed by atoms with Crippen molar-refractivity contribution in [1.29, 1.82) is 0 Å². The molecule has 0 aliphatic heterocycles. The van der Waals surface area contributed by atoms with Gasteiger partial charge in [-0.2, -0.15) is 4.68 Å². The monoisotopic (exact) mass is 371 g/mol. The number of halogens is 1. The van der Waals surface area contributed by atoms with E-state index in [4.69, 9.17) is 0 Å². The van der Waals surface area contributed by atoms with Gasteiger partial charge in [-0.15, -0.1) is 5.10 Å². The van der Waals surface area contributed by atoms with Crippen molar-refractivity contribution in [3.63, 3.8) is 0 Å². The first-order chi connectivity index (χ1) is 12.5. The van der Waals surface area contributed by atoms with Gasteiger partial charge in [0.1, 0.15) is 5.82 Å². The summed E-state index contributed by atoms with van der Waals surface area (Å²) >= 11 is 1.27. The summed E-state index contributed by atoms with van der Waals surface area (Å²) in [5, 5.41) is 14.8. The van der Waals surface area contributed by atoms with Crippen LogP contribution in [0.1, 0.15) is 25.5 Å². The van der Waals surface area contributed by atoms with Gasteiger partial charge in [-0.3, -0.25) is 4.79 Å². The number of hydrogen-bond donors (Lipinski definition) is 1. The van der Waals surface area contributed by atoms with Gasteiger partial charge in [0.05, 0.1) is 17.0 Å². The van der Waals surface area contributed by atoms with Crippen LogP contribution in [0.4, 0.5) is 4.39 Å². The van der Waals surface area contributed by atoms with E-state index in [-0.39, 0.29) is 17.8 Å². The first-order valence-corrected chi connectivity index (χ1v) is 8.99. The van der Waals surface area contributed by atoms with Crippen LogP contribution in [0.3, 0.4) is 0 Å². The Balaban J connectivity index is 1.65. The number of nitrogens with zero attached hydrogens (tertiary/aromatic N) is 4. The van der Waals surface area contributed by atoms with Crippen molar-refractivity contribution in [2.45, 2.75) is 30.3 Å². The van der Waals surface area contributed by atoms with Crippen LogP contribution >= 0.6 is 11.8 Å². The Hall–Kier alpha value is -2.74. The average Bonchev–Trinajstić information content (AvgIpc) is 3.11. The van der Waals surface area contributed by atoms with Crippen LogP contribution in [0.2, 0.25) is 0 Å². The molecule has 1 amide bonds. The summed E-state index contributed by atoms with van der Waals surface area (Å²) in [4.78, 5) is 12.5. The van der Waals surface area contributed by atoms with Gasteiger partial charge in [0.25, 0.3) is 0 Å². The average molecular weight is 371 g/mol. The molecule has 1 aromatic heterocycles. The number of para-hydroxylation sites is 1. The van der Waals surface area contributed by atoms with Gasteiger partial charge in [0, 0.05) is 0 Å². The Kier molecular flexibility index (Phi) is 5.62. The Morgan fingerprint density at radius 2 is 1.81 bits per heavy atom. The first kappa shape index (κ1) is 18.1. The number of aromatic nitrogens is 4. The second kappa shape index (κ2) is 8.09. The SMILES string of the molecule is CC(Sc1nnnn1-c1ccccc1)C(=O)NC(C)c1ccc(F)cc1. The molecular weight excluding hydrogens is 353 g/mol.